The van der Waals surface area contributed by atoms with Gasteiger partial charge in [-0.05, 0) is 55.6 Å². The average Bonchev–Trinajstić information content (AvgIpc) is 3.18. The fraction of sp³-hybridized carbons (Fsp3) is 0.478. The SMILES string of the molecule is COc1ccc(CN2C[C@H]3[C@@H](C2)c2ccccc2[C@@H]3N(C)C(C)C)cc1. The summed E-state index contributed by atoms with van der Waals surface area (Å²) in [5.41, 5.74) is 4.50. The first kappa shape index (κ1) is 17.6. The molecule has 1 aliphatic heterocycles. The zero-order valence-corrected chi connectivity index (χ0v) is 16.4. The Balaban J connectivity index is 1.55. The molecule has 3 nitrogen and oxygen atoms in total. The van der Waals surface area contributed by atoms with Gasteiger partial charge in [0.1, 0.15) is 5.75 Å². The summed E-state index contributed by atoms with van der Waals surface area (Å²) in [6.07, 6.45) is 0. The highest BCUT2D eigenvalue weighted by atomic mass is 16.5. The topological polar surface area (TPSA) is 15.7 Å². The molecular weight excluding hydrogens is 320 g/mol. The van der Waals surface area contributed by atoms with Crippen LogP contribution >= 0.6 is 0 Å². The standard InChI is InChI=1S/C23H30N2O/c1-16(2)24(3)23-20-8-6-5-7-19(20)21-14-25(15-22(21)23)13-17-9-11-18(26-4)12-10-17/h5-12,16,21-23H,13-15H2,1-4H3/t21-,22-,23-/m0/s1. The Morgan fingerprint density at radius 2 is 1.73 bits per heavy atom. The smallest absolute Gasteiger partial charge is 0.118 e. The molecule has 2 aromatic carbocycles. The molecule has 1 saturated heterocycles. The van der Waals surface area contributed by atoms with E-state index < -0.39 is 0 Å². The van der Waals surface area contributed by atoms with Crippen LogP contribution in [0.4, 0.5) is 0 Å². The van der Waals surface area contributed by atoms with E-state index in [-0.39, 0.29) is 0 Å². The minimum absolute atomic E-state index is 0.539. The highest BCUT2D eigenvalue weighted by Crippen LogP contribution is 2.51. The summed E-state index contributed by atoms with van der Waals surface area (Å²) in [7, 11) is 4.01. The molecule has 0 amide bonds. The maximum absolute atomic E-state index is 5.28. The van der Waals surface area contributed by atoms with Gasteiger partial charge in [-0.15, -0.1) is 0 Å². The number of nitrogens with zero attached hydrogens (tertiary/aromatic N) is 2. The minimum atomic E-state index is 0.539. The quantitative estimate of drug-likeness (QED) is 0.799. The number of rotatable bonds is 5. The second-order valence-electron chi connectivity index (χ2n) is 8.15. The molecule has 1 fully saturated rings. The van der Waals surface area contributed by atoms with Crippen molar-refractivity contribution < 1.29 is 4.74 Å². The van der Waals surface area contributed by atoms with Crippen molar-refractivity contribution in [2.75, 3.05) is 27.2 Å². The summed E-state index contributed by atoms with van der Waals surface area (Å²) < 4.78 is 5.28. The van der Waals surface area contributed by atoms with Gasteiger partial charge in [-0.3, -0.25) is 9.80 Å². The summed E-state index contributed by atoms with van der Waals surface area (Å²) in [5.74, 6) is 2.29. The summed E-state index contributed by atoms with van der Waals surface area (Å²) in [6, 6.07) is 18.7. The van der Waals surface area contributed by atoms with Crippen molar-refractivity contribution in [1.29, 1.82) is 0 Å². The Bertz CT molecular complexity index is 755. The molecule has 0 saturated carbocycles. The Kier molecular flexibility index (Phi) is 4.76. The first-order valence-electron chi connectivity index (χ1n) is 9.74. The largest absolute Gasteiger partial charge is 0.497 e. The van der Waals surface area contributed by atoms with E-state index in [1.165, 1.54) is 12.1 Å². The molecular formula is C23H30N2O. The van der Waals surface area contributed by atoms with Gasteiger partial charge in [0.15, 0.2) is 0 Å². The van der Waals surface area contributed by atoms with Crippen molar-refractivity contribution in [2.24, 2.45) is 5.92 Å². The van der Waals surface area contributed by atoms with E-state index in [4.69, 9.17) is 4.74 Å². The lowest BCUT2D eigenvalue weighted by atomic mass is 9.93. The highest BCUT2D eigenvalue weighted by molar-refractivity contribution is 5.41. The third kappa shape index (κ3) is 3.04. The van der Waals surface area contributed by atoms with Crippen LogP contribution in [0.5, 0.6) is 5.75 Å². The second-order valence-corrected chi connectivity index (χ2v) is 8.15. The number of benzene rings is 2. The van der Waals surface area contributed by atoms with Crippen LogP contribution in [0.2, 0.25) is 0 Å². The average molecular weight is 351 g/mol. The molecule has 4 rings (SSSR count). The maximum atomic E-state index is 5.28. The molecule has 0 N–H and O–H groups in total. The molecule has 2 aromatic rings. The minimum Gasteiger partial charge on any atom is -0.497 e. The fourth-order valence-corrected chi connectivity index (χ4v) is 4.87. The molecule has 1 heterocycles. The zero-order chi connectivity index (χ0) is 18.3. The number of hydrogen-bond donors (Lipinski definition) is 0. The van der Waals surface area contributed by atoms with Crippen LogP contribution in [0.3, 0.4) is 0 Å². The van der Waals surface area contributed by atoms with E-state index >= 15 is 0 Å². The molecule has 0 unspecified atom stereocenters. The van der Waals surface area contributed by atoms with E-state index in [0.717, 1.165) is 18.8 Å². The Hall–Kier alpha value is -1.84. The predicted molar refractivity (Wildman–Crippen MR) is 107 cm³/mol. The first-order chi connectivity index (χ1) is 12.6. The van der Waals surface area contributed by atoms with Crippen LogP contribution < -0.4 is 4.74 Å². The van der Waals surface area contributed by atoms with Crippen LogP contribution in [-0.2, 0) is 6.54 Å². The molecule has 3 heteroatoms. The monoisotopic (exact) mass is 350 g/mol. The van der Waals surface area contributed by atoms with Crippen molar-refractivity contribution in [3.05, 3.63) is 65.2 Å². The maximum Gasteiger partial charge on any atom is 0.118 e. The normalized spacial score (nSPS) is 24.9. The van der Waals surface area contributed by atoms with Crippen LogP contribution in [-0.4, -0.2) is 43.1 Å². The van der Waals surface area contributed by atoms with E-state index in [1.807, 2.05) is 0 Å². The van der Waals surface area contributed by atoms with Crippen molar-refractivity contribution in [1.82, 2.24) is 9.80 Å². The predicted octanol–water partition coefficient (Wildman–Crippen LogP) is 4.31. The molecule has 3 atom stereocenters. The lowest BCUT2D eigenvalue weighted by molar-refractivity contribution is 0.145. The van der Waals surface area contributed by atoms with Crippen LogP contribution in [0.25, 0.3) is 0 Å². The van der Waals surface area contributed by atoms with Gasteiger partial charge in [-0.25, -0.2) is 0 Å². The van der Waals surface area contributed by atoms with E-state index in [9.17, 15) is 0 Å². The molecule has 2 aliphatic rings. The zero-order valence-electron chi connectivity index (χ0n) is 16.4. The fourth-order valence-electron chi connectivity index (χ4n) is 4.87. The van der Waals surface area contributed by atoms with Gasteiger partial charge in [-0.2, -0.15) is 0 Å². The van der Waals surface area contributed by atoms with Gasteiger partial charge in [0.25, 0.3) is 0 Å². The van der Waals surface area contributed by atoms with Gasteiger partial charge in [0, 0.05) is 37.6 Å². The first-order valence-corrected chi connectivity index (χ1v) is 9.74. The third-order valence-corrected chi connectivity index (χ3v) is 6.38. The number of hydrogen-bond acceptors (Lipinski definition) is 3. The molecule has 1 aliphatic carbocycles. The van der Waals surface area contributed by atoms with Gasteiger partial charge in [0.05, 0.1) is 7.11 Å². The number of likely N-dealkylation sites (tertiary alicyclic amines) is 1. The summed E-state index contributed by atoms with van der Waals surface area (Å²) >= 11 is 0. The van der Waals surface area contributed by atoms with E-state index in [0.29, 0.717) is 23.9 Å². The van der Waals surface area contributed by atoms with Crippen molar-refractivity contribution >= 4 is 0 Å². The van der Waals surface area contributed by atoms with Gasteiger partial charge in [-0.1, -0.05) is 36.4 Å². The Morgan fingerprint density at radius 3 is 2.38 bits per heavy atom. The lowest BCUT2D eigenvalue weighted by Gasteiger charge is -2.33. The van der Waals surface area contributed by atoms with Crippen molar-refractivity contribution in [3.8, 4) is 5.75 Å². The second kappa shape index (κ2) is 7.05. The van der Waals surface area contributed by atoms with Crippen LogP contribution in [0.15, 0.2) is 48.5 Å². The summed E-state index contributed by atoms with van der Waals surface area (Å²) in [4.78, 5) is 5.20. The highest BCUT2D eigenvalue weighted by Gasteiger charge is 2.47. The molecule has 0 bridgehead atoms. The molecule has 0 radical (unpaired) electrons. The van der Waals surface area contributed by atoms with Crippen molar-refractivity contribution in [2.45, 2.75) is 38.4 Å². The van der Waals surface area contributed by atoms with E-state index in [1.54, 1.807) is 18.2 Å². The van der Waals surface area contributed by atoms with Gasteiger partial charge >= 0.3 is 0 Å². The van der Waals surface area contributed by atoms with Gasteiger partial charge < -0.3 is 4.74 Å². The van der Waals surface area contributed by atoms with Crippen LogP contribution in [0, 0.1) is 5.92 Å². The lowest BCUT2D eigenvalue weighted by Crippen LogP contribution is -2.35. The Morgan fingerprint density at radius 1 is 1.04 bits per heavy atom. The van der Waals surface area contributed by atoms with E-state index in [2.05, 4.69) is 79.2 Å². The van der Waals surface area contributed by atoms with Gasteiger partial charge in [0.2, 0.25) is 0 Å². The molecule has 0 spiro atoms. The van der Waals surface area contributed by atoms with Crippen LogP contribution in [0.1, 0.15) is 42.5 Å². The number of ether oxygens (including phenoxy) is 1. The molecule has 0 aromatic heterocycles. The molecule has 26 heavy (non-hydrogen) atoms. The Labute approximate surface area is 157 Å². The summed E-state index contributed by atoms with van der Waals surface area (Å²) in [6.45, 7) is 7.97. The number of fused-ring (bicyclic) bond motifs is 3. The molecule has 138 valence electrons. The van der Waals surface area contributed by atoms with Crippen molar-refractivity contribution in [3.63, 3.8) is 0 Å². The summed E-state index contributed by atoms with van der Waals surface area (Å²) in [5, 5.41) is 0. The third-order valence-electron chi connectivity index (χ3n) is 6.38. The number of methoxy groups -OCH3 is 1.